The second kappa shape index (κ2) is 6.48. The Hall–Kier alpha value is -2.23. The molecule has 0 saturated carbocycles. The molecule has 0 saturated heterocycles. The van der Waals surface area contributed by atoms with Crippen LogP contribution in [-0.4, -0.2) is 11.7 Å². The minimum absolute atomic E-state index is 0.0752. The molecule has 3 nitrogen and oxygen atoms in total. The number of hydrogen-bond acceptors (Lipinski definition) is 3. The average molecular weight is 289 g/mol. The lowest BCUT2D eigenvalue weighted by Gasteiger charge is -2.19. The van der Waals surface area contributed by atoms with E-state index in [2.05, 4.69) is 5.32 Å². The zero-order valence-corrected chi connectivity index (χ0v) is 12.5. The number of aryl methyl sites for hydroxylation is 1. The largest absolute Gasteiger partial charge is 0.508 e. The van der Waals surface area contributed by atoms with Gasteiger partial charge in [-0.05, 0) is 44.5 Å². The van der Waals surface area contributed by atoms with E-state index in [0.29, 0.717) is 12.2 Å². The van der Waals surface area contributed by atoms with Crippen LogP contribution in [-0.2, 0) is 0 Å². The lowest BCUT2D eigenvalue weighted by Crippen LogP contribution is -2.10. The zero-order chi connectivity index (χ0) is 15.4. The summed E-state index contributed by atoms with van der Waals surface area (Å²) in [6, 6.07) is 9.79. The van der Waals surface area contributed by atoms with Gasteiger partial charge in [-0.2, -0.15) is 0 Å². The molecule has 2 rings (SSSR count). The number of anilines is 1. The third-order valence-corrected chi connectivity index (χ3v) is 3.26. The van der Waals surface area contributed by atoms with E-state index < -0.39 is 5.82 Å². The van der Waals surface area contributed by atoms with Gasteiger partial charge in [0.15, 0.2) is 0 Å². The second-order valence-electron chi connectivity index (χ2n) is 5.00. The number of rotatable bonds is 5. The first kappa shape index (κ1) is 15.2. The summed E-state index contributed by atoms with van der Waals surface area (Å²) in [4.78, 5) is 0. The van der Waals surface area contributed by atoms with Crippen LogP contribution in [0.25, 0.3) is 0 Å². The highest BCUT2D eigenvalue weighted by Gasteiger charge is 2.13. The molecule has 0 spiro atoms. The van der Waals surface area contributed by atoms with Crippen molar-refractivity contribution in [2.24, 2.45) is 0 Å². The molecule has 0 heterocycles. The monoisotopic (exact) mass is 289 g/mol. The number of nitrogens with one attached hydrogen (secondary N) is 1. The van der Waals surface area contributed by atoms with Crippen molar-refractivity contribution in [3.8, 4) is 11.5 Å². The van der Waals surface area contributed by atoms with E-state index >= 15 is 0 Å². The summed E-state index contributed by atoms with van der Waals surface area (Å²) < 4.78 is 19.5. The van der Waals surface area contributed by atoms with Crippen LogP contribution in [0, 0.1) is 12.7 Å². The van der Waals surface area contributed by atoms with Crippen molar-refractivity contribution in [3.05, 3.63) is 53.3 Å². The van der Waals surface area contributed by atoms with Crippen LogP contribution in [0.3, 0.4) is 0 Å². The Morgan fingerprint density at radius 1 is 1.24 bits per heavy atom. The third-order valence-electron chi connectivity index (χ3n) is 3.26. The fraction of sp³-hybridized carbons (Fsp3) is 0.294. The van der Waals surface area contributed by atoms with Gasteiger partial charge in [0, 0.05) is 11.6 Å². The summed E-state index contributed by atoms with van der Waals surface area (Å²) >= 11 is 0. The summed E-state index contributed by atoms with van der Waals surface area (Å²) in [6.45, 7) is 6.36. The first-order valence-electron chi connectivity index (χ1n) is 6.99. The number of phenols is 1. The number of ether oxygens (including phenoxy) is 1. The predicted molar refractivity (Wildman–Crippen MR) is 82.5 cm³/mol. The van der Waals surface area contributed by atoms with Crippen LogP contribution in [0.5, 0.6) is 11.5 Å². The molecule has 1 atom stereocenters. The van der Waals surface area contributed by atoms with Crippen molar-refractivity contribution in [3.63, 3.8) is 0 Å². The number of halogens is 1. The Morgan fingerprint density at radius 3 is 2.67 bits per heavy atom. The average Bonchev–Trinajstić information content (AvgIpc) is 2.42. The topological polar surface area (TPSA) is 41.5 Å². The van der Waals surface area contributed by atoms with Crippen molar-refractivity contribution >= 4 is 5.69 Å². The lowest BCUT2D eigenvalue weighted by atomic mass is 10.1. The van der Waals surface area contributed by atoms with Gasteiger partial charge in [-0.25, -0.2) is 4.39 Å². The van der Waals surface area contributed by atoms with Crippen LogP contribution in [0.1, 0.15) is 31.0 Å². The Morgan fingerprint density at radius 2 is 2.00 bits per heavy atom. The van der Waals surface area contributed by atoms with E-state index in [-0.39, 0.29) is 11.8 Å². The van der Waals surface area contributed by atoms with Gasteiger partial charge in [0.25, 0.3) is 0 Å². The smallest absolute Gasteiger partial charge is 0.142 e. The third kappa shape index (κ3) is 3.66. The van der Waals surface area contributed by atoms with E-state index in [0.717, 1.165) is 23.1 Å². The van der Waals surface area contributed by atoms with Gasteiger partial charge in [0.1, 0.15) is 17.3 Å². The molecule has 2 aromatic rings. The van der Waals surface area contributed by atoms with Crippen molar-refractivity contribution < 1.29 is 14.2 Å². The fourth-order valence-electron chi connectivity index (χ4n) is 2.20. The van der Waals surface area contributed by atoms with Crippen LogP contribution in [0.15, 0.2) is 36.4 Å². The molecule has 0 aromatic heterocycles. The first-order valence-corrected chi connectivity index (χ1v) is 6.99. The summed E-state index contributed by atoms with van der Waals surface area (Å²) in [5.74, 6) is 0.248. The Labute approximate surface area is 124 Å². The van der Waals surface area contributed by atoms with Gasteiger partial charge in [0.2, 0.25) is 0 Å². The summed E-state index contributed by atoms with van der Waals surface area (Å²) in [5.41, 5.74) is 2.42. The minimum Gasteiger partial charge on any atom is -0.508 e. The number of phenolic OH excluding ortho intramolecular Hbond substituents is 1. The van der Waals surface area contributed by atoms with E-state index in [1.165, 1.54) is 6.07 Å². The maximum atomic E-state index is 13.9. The van der Waals surface area contributed by atoms with Crippen molar-refractivity contribution in [1.29, 1.82) is 0 Å². The van der Waals surface area contributed by atoms with E-state index in [1.807, 2.05) is 39.0 Å². The molecule has 21 heavy (non-hydrogen) atoms. The number of hydrogen-bond donors (Lipinski definition) is 2. The standard InChI is InChI=1S/C17H20FNO2/c1-4-21-17-9-11(2)5-8-16(17)19-12(3)14-7-6-13(20)10-15(14)18/h5-10,12,19-20H,4H2,1-3H3. The highest BCUT2D eigenvalue weighted by Crippen LogP contribution is 2.30. The zero-order valence-electron chi connectivity index (χ0n) is 12.5. The molecule has 1 unspecified atom stereocenters. The summed E-state index contributed by atoms with van der Waals surface area (Å²) in [6.07, 6.45) is 0. The molecule has 0 radical (unpaired) electrons. The predicted octanol–water partition coefficient (Wildman–Crippen LogP) is 4.41. The van der Waals surface area contributed by atoms with Gasteiger partial charge >= 0.3 is 0 Å². The molecule has 0 amide bonds. The van der Waals surface area contributed by atoms with Crippen LogP contribution >= 0.6 is 0 Å². The van der Waals surface area contributed by atoms with Gasteiger partial charge in [0.05, 0.1) is 18.3 Å². The normalized spacial score (nSPS) is 12.0. The highest BCUT2D eigenvalue weighted by molar-refractivity contribution is 5.58. The van der Waals surface area contributed by atoms with Gasteiger partial charge in [-0.15, -0.1) is 0 Å². The van der Waals surface area contributed by atoms with E-state index in [4.69, 9.17) is 4.74 Å². The Kier molecular flexibility index (Phi) is 4.68. The molecular formula is C17H20FNO2. The molecule has 0 aliphatic rings. The minimum atomic E-state index is -0.430. The van der Waals surface area contributed by atoms with Gasteiger partial charge in [-0.1, -0.05) is 12.1 Å². The lowest BCUT2D eigenvalue weighted by molar-refractivity contribution is 0.341. The molecule has 112 valence electrons. The van der Waals surface area contributed by atoms with Crippen LogP contribution in [0.2, 0.25) is 0 Å². The molecular weight excluding hydrogens is 269 g/mol. The second-order valence-corrected chi connectivity index (χ2v) is 5.00. The van der Waals surface area contributed by atoms with E-state index in [1.54, 1.807) is 6.07 Å². The molecule has 0 aliphatic heterocycles. The maximum absolute atomic E-state index is 13.9. The van der Waals surface area contributed by atoms with Crippen molar-refractivity contribution in [1.82, 2.24) is 0 Å². The van der Waals surface area contributed by atoms with Crippen LogP contribution < -0.4 is 10.1 Å². The number of benzene rings is 2. The van der Waals surface area contributed by atoms with E-state index in [9.17, 15) is 9.50 Å². The molecule has 0 fully saturated rings. The van der Waals surface area contributed by atoms with Crippen molar-refractivity contribution in [2.75, 3.05) is 11.9 Å². The highest BCUT2D eigenvalue weighted by atomic mass is 19.1. The van der Waals surface area contributed by atoms with Crippen molar-refractivity contribution in [2.45, 2.75) is 26.8 Å². The Bertz CT molecular complexity index is 628. The maximum Gasteiger partial charge on any atom is 0.142 e. The Balaban J connectivity index is 2.24. The first-order chi connectivity index (χ1) is 10.0. The molecule has 0 bridgehead atoms. The molecule has 4 heteroatoms. The molecule has 2 aromatic carbocycles. The summed E-state index contributed by atoms with van der Waals surface area (Å²) in [7, 11) is 0. The molecule has 2 N–H and O–H groups in total. The quantitative estimate of drug-likeness (QED) is 0.856. The molecule has 0 aliphatic carbocycles. The van der Waals surface area contributed by atoms with Gasteiger partial charge in [-0.3, -0.25) is 0 Å². The SMILES string of the molecule is CCOc1cc(C)ccc1NC(C)c1ccc(O)cc1F. The number of aromatic hydroxyl groups is 1. The fourth-order valence-corrected chi connectivity index (χ4v) is 2.20. The summed E-state index contributed by atoms with van der Waals surface area (Å²) in [5, 5.41) is 12.5. The van der Waals surface area contributed by atoms with Crippen LogP contribution in [0.4, 0.5) is 10.1 Å². The van der Waals surface area contributed by atoms with Gasteiger partial charge < -0.3 is 15.2 Å².